The number of hydrogen-bond donors (Lipinski definition) is 1. The molecule has 1 N–H and O–H groups in total. The molecular weight excluding hydrogens is 196 g/mol. The zero-order valence-corrected chi connectivity index (χ0v) is 10.2. The Morgan fingerprint density at radius 1 is 1.31 bits per heavy atom. The molecule has 86 valence electrons. The number of aryl methyl sites for hydroxylation is 1. The molecule has 1 aromatic rings. The first-order chi connectivity index (χ1) is 7.79. The zero-order chi connectivity index (χ0) is 11.4. The van der Waals surface area contributed by atoms with Crippen molar-refractivity contribution in [2.45, 2.75) is 39.2 Å². The van der Waals surface area contributed by atoms with Crippen molar-refractivity contribution in [1.29, 1.82) is 0 Å². The van der Waals surface area contributed by atoms with Gasteiger partial charge >= 0.3 is 0 Å². The number of benzene rings is 1. The number of nitrogens with one attached hydrogen (secondary N) is 1. The topological polar surface area (TPSA) is 24.4 Å². The summed E-state index contributed by atoms with van der Waals surface area (Å²) in [6.45, 7) is 5.37. The smallest absolute Gasteiger partial charge is 0.0968 e. The van der Waals surface area contributed by atoms with Crippen LogP contribution in [0, 0.1) is 0 Å². The SMILES string of the molecule is CCc1ccc(C(C)NC2=NCCC2)cc1. The van der Waals surface area contributed by atoms with E-state index in [0.29, 0.717) is 6.04 Å². The average Bonchev–Trinajstić information content (AvgIpc) is 2.82. The average molecular weight is 216 g/mol. The number of aliphatic imine (C=N–C) groups is 1. The van der Waals surface area contributed by atoms with Crippen LogP contribution in [0.4, 0.5) is 0 Å². The highest BCUT2D eigenvalue weighted by Gasteiger charge is 2.10. The number of hydrogen-bond acceptors (Lipinski definition) is 2. The predicted octanol–water partition coefficient (Wildman–Crippen LogP) is 3.09. The van der Waals surface area contributed by atoms with Gasteiger partial charge in [0.25, 0.3) is 0 Å². The van der Waals surface area contributed by atoms with Crippen LogP contribution in [0.2, 0.25) is 0 Å². The normalized spacial score (nSPS) is 17.0. The van der Waals surface area contributed by atoms with Crippen molar-refractivity contribution in [2.24, 2.45) is 4.99 Å². The molecule has 1 aliphatic rings. The molecule has 0 amide bonds. The van der Waals surface area contributed by atoms with Gasteiger partial charge in [-0.1, -0.05) is 31.2 Å². The van der Waals surface area contributed by atoms with Gasteiger partial charge < -0.3 is 5.32 Å². The van der Waals surface area contributed by atoms with E-state index in [9.17, 15) is 0 Å². The fourth-order valence-electron chi connectivity index (χ4n) is 2.03. The standard InChI is InChI=1S/C14H20N2/c1-3-12-6-8-13(9-7-12)11(2)16-14-5-4-10-15-14/h6-9,11H,3-5,10H2,1-2H3,(H,15,16). The van der Waals surface area contributed by atoms with Crippen LogP contribution in [0.15, 0.2) is 29.3 Å². The van der Waals surface area contributed by atoms with Crippen LogP contribution >= 0.6 is 0 Å². The molecule has 2 heteroatoms. The Balaban J connectivity index is 1.99. The lowest BCUT2D eigenvalue weighted by Gasteiger charge is -2.15. The van der Waals surface area contributed by atoms with Crippen molar-refractivity contribution >= 4 is 5.84 Å². The van der Waals surface area contributed by atoms with Gasteiger partial charge in [0.15, 0.2) is 0 Å². The Labute approximate surface area is 97.8 Å². The number of rotatable bonds is 3. The largest absolute Gasteiger partial charge is 0.367 e. The Kier molecular flexibility index (Phi) is 3.60. The van der Waals surface area contributed by atoms with Crippen LogP contribution < -0.4 is 5.32 Å². The van der Waals surface area contributed by atoms with Crippen molar-refractivity contribution in [1.82, 2.24) is 5.32 Å². The molecule has 1 atom stereocenters. The summed E-state index contributed by atoms with van der Waals surface area (Å²) in [6.07, 6.45) is 3.41. The summed E-state index contributed by atoms with van der Waals surface area (Å²) in [6, 6.07) is 9.22. The molecule has 2 nitrogen and oxygen atoms in total. The summed E-state index contributed by atoms with van der Waals surface area (Å²) < 4.78 is 0. The highest BCUT2D eigenvalue weighted by Crippen LogP contribution is 2.15. The minimum atomic E-state index is 0.364. The van der Waals surface area contributed by atoms with Gasteiger partial charge in [-0.15, -0.1) is 0 Å². The maximum Gasteiger partial charge on any atom is 0.0968 e. The molecule has 0 aliphatic carbocycles. The van der Waals surface area contributed by atoms with E-state index < -0.39 is 0 Å². The molecule has 0 spiro atoms. The molecule has 0 bridgehead atoms. The van der Waals surface area contributed by atoms with Gasteiger partial charge in [0.05, 0.1) is 5.84 Å². The first kappa shape index (κ1) is 11.2. The predicted molar refractivity (Wildman–Crippen MR) is 68.9 cm³/mol. The van der Waals surface area contributed by atoms with Crippen molar-refractivity contribution in [3.05, 3.63) is 35.4 Å². The lowest BCUT2D eigenvalue weighted by atomic mass is 10.0. The molecule has 0 saturated carbocycles. The molecule has 0 saturated heterocycles. The first-order valence-electron chi connectivity index (χ1n) is 6.18. The Bertz CT molecular complexity index is 365. The lowest BCUT2D eigenvalue weighted by Crippen LogP contribution is -2.24. The van der Waals surface area contributed by atoms with Crippen LogP contribution in [0.5, 0.6) is 0 Å². The van der Waals surface area contributed by atoms with E-state index in [1.165, 1.54) is 23.4 Å². The molecule has 0 aromatic heterocycles. The van der Waals surface area contributed by atoms with Crippen molar-refractivity contribution in [2.75, 3.05) is 6.54 Å². The van der Waals surface area contributed by atoms with E-state index in [1.54, 1.807) is 0 Å². The van der Waals surface area contributed by atoms with Crippen LogP contribution in [-0.2, 0) is 6.42 Å². The van der Waals surface area contributed by atoms with Crippen LogP contribution in [0.25, 0.3) is 0 Å². The second-order valence-corrected chi connectivity index (χ2v) is 4.39. The molecule has 16 heavy (non-hydrogen) atoms. The Hall–Kier alpha value is -1.31. The summed E-state index contributed by atoms with van der Waals surface area (Å²) in [7, 11) is 0. The third-order valence-electron chi connectivity index (χ3n) is 3.15. The Morgan fingerprint density at radius 2 is 2.06 bits per heavy atom. The minimum absolute atomic E-state index is 0.364. The van der Waals surface area contributed by atoms with Crippen LogP contribution in [0.3, 0.4) is 0 Å². The number of amidine groups is 1. The zero-order valence-electron chi connectivity index (χ0n) is 10.2. The quantitative estimate of drug-likeness (QED) is 0.825. The van der Waals surface area contributed by atoms with Gasteiger partial charge in [-0.05, 0) is 30.9 Å². The van der Waals surface area contributed by atoms with Crippen LogP contribution in [-0.4, -0.2) is 12.4 Å². The van der Waals surface area contributed by atoms with E-state index >= 15 is 0 Å². The van der Waals surface area contributed by atoms with E-state index in [4.69, 9.17) is 0 Å². The minimum Gasteiger partial charge on any atom is -0.367 e. The summed E-state index contributed by atoms with van der Waals surface area (Å²) in [5.41, 5.74) is 2.74. The van der Waals surface area contributed by atoms with E-state index in [2.05, 4.69) is 48.4 Å². The van der Waals surface area contributed by atoms with Gasteiger partial charge in [-0.25, -0.2) is 0 Å². The maximum atomic E-state index is 4.44. The monoisotopic (exact) mass is 216 g/mol. The van der Waals surface area contributed by atoms with E-state index in [0.717, 1.165) is 19.4 Å². The summed E-state index contributed by atoms with van der Waals surface area (Å²) in [5.74, 6) is 1.17. The van der Waals surface area contributed by atoms with Gasteiger partial charge in [-0.2, -0.15) is 0 Å². The van der Waals surface area contributed by atoms with Gasteiger partial charge in [0, 0.05) is 19.0 Å². The number of nitrogens with zero attached hydrogens (tertiary/aromatic N) is 1. The summed E-state index contributed by atoms with van der Waals surface area (Å²) >= 11 is 0. The highest BCUT2D eigenvalue weighted by atomic mass is 15.0. The van der Waals surface area contributed by atoms with E-state index in [1.807, 2.05) is 0 Å². The van der Waals surface area contributed by atoms with Crippen molar-refractivity contribution in [3.8, 4) is 0 Å². The first-order valence-corrected chi connectivity index (χ1v) is 6.18. The fourth-order valence-corrected chi connectivity index (χ4v) is 2.03. The van der Waals surface area contributed by atoms with Crippen molar-refractivity contribution < 1.29 is 0 Å². The second kappa shape index (κ2) is 5.15. The lowest BCUT2D eigenvalue weighted by molar-refractivity contribution is 0.709. The molecule has 1 aromatic carbocycles. The van der Waals surface area contributed by atoms with Gasteiger partial charge in [0.2, 0.25) is 0 Å². The molecule has 1 aliphatic heterocycles. The highest BCUT2D eigenvalue weighted by molar-refractivity contribution is 5.83. The van der Waals surface area contributed by atoms with Gasteiger partial charge in [-0.3, -0.25) is 4.99 Å². The van der Waals surface area contributed by atoms with Gasteiger partial charge in [0.1, 0.15) is 0 Å². The third kappa shape index (κ3) is 2.63. The summed E-state index contributed by atoms with van der Waals surface area (Å²) in [4.78, 5) is 4.44. The molecule has 1 heterocycles. The van der Waals surface area contributed by atoms with Crippen LogP contribution in [0.1, 0.15) is 43.9 Å². The Morgan fingerprint density at radius 3 is 2.62 bits per heavy atom. The van der Waals surface area contributed by atoms with E-state index in [-0.39, 0.29) is 0 Å². The summed E-state index contributed by atoms with van der Waals surface area (Å²) in [5, 5.41) is 3.48. The second-order valence-electron chi connectivity index (χ2n) is 4.39. The third-order valence-corrected chi connectivity index (χ3v) is 3.15. The van der Waals surface area contributed by atoms with Crippen molar-refractivity contribution in [3.63, 3.8) is 0 Å². The maximum absolute atomic E-state index is 4.44. The molecule has 0 fully saturated rings. The fraction of sp³-hybridized carbons (Fsp3) is 0.500. The molecular formula is C14H20N2. The molecule has 1 unspecified atom stereocenters. The molecule has 2 rings (SSSR count). The molecule has 0 radical (unpaired) electrons.